The molecule has 1 atom stereocenters. The first-order valence-corrected chi connectivity index (χ1v) is 7.07. The first-order chi connectivity index (χ1) is 10.1. The standard InChI is InChI=1S/C15H12O5S/c1-19-14(16)11-6-5-7-12(10-11)15(17)20-21(18)13-8-3-2-4-9-13/h2-10H,1H3. The summed E-state index contributed by atoms with van der Waals surface area (Å²) in [6.45, 7) is 0. The Kier molecular flexibility index (Phi) is 4.84. The fraction of sp³-hybridized carbons (Fsp3) is 0.0667. The average molecular weight is 304 g/mol. The maximum Gasteiger partial charge on any atom is 0.352 e. The van der Waals surface area contributed by atoms with Gasteiger partial charge in [0.15, 0.2) is 0 Å². The van der Waals surface area contributed by atoms with Gasteiger partial charge in [0, 0.05) is 0 Å². The Balaban J connectivity index is 2.14. The van der Waals surface area contributed by atoms with Crippen molar-refractivity contribution in [3.8, 4) is 0 Å². The molecule has 2 rings (SSSR count). The third-order valence-electron chi connectivity index (χ3n) is 2.61. The molecule has 0 bridgehead atoms. The number of carbonyl (C=O) groups excluding carboxylic acids is 2. The summed E-state index contributed by atoms with van der Waals surface area (Å²) >= 11 is -1.90. The summed E-state index contributed by atoms with van der Waals surface area (Å²) in [5.74, 6) is -1.34. The van der Waals surface area contributed by atoms with Crippen molar-refractivity contribution in [3.05, 3.63) is 65.7 Å². The van der Waals surface area contributed by atoms with Gasteiger partial charge in [-0.25, -0.2) is 13.8 Å². The van der Waals surface area contributed by atoms with Crippen molar-refractivity contribution in [2.24, 2.45) is 0 Å². The zero-order valence-corrected chi connectivity index (χ0v) is 12.0. The van der Waals surface area contributed by atoms with Gasteiger partial charge in [-0.15, -0.1) is 0 Å². The summed E-state index contributed by atoms with van der Waals surface area (Å²) in [7, 11) is 1.25. The second-order valence-electron chi connectivity index (χ2n) is 3.99. The third-order valence-corrected chi connectivity index (χ3v) is 3.57. The quantitative estimate of drug-likeness (QED) is 0.811. The molecule has 0 aliphatic carbocycles. The lowest BCUT2D eigenvalue weighted by molar-refractivity contribution is 0.0600. The highest BCUT2D eigenvalue weighted by molar-refractivity contribution is 7.80. The van der Waals surface area contributed by atoms with E-state index in [1.54, 1.807) is 30.3 Å². The highest BCUT2D eigenvalue weighted by atomic mass is 32.2. The number of carbonyl (C=O) groups is 2. The number of hydrogen-bond acceptors (Lipinski definition) is 5. The van der Waals surface area contributed by atoms with Gasteiger partial charge in [-0.3, -0.25) is 0 Å². The number of methoxy groups -OCH3 is 1. The lowest BCUT2D eigenvalue weighted by atomic mass is 10.1. The molecule has 0 aliphatic rings. The number of benzene rings is 2. The smallest absolute Gasteiger partial charge is 0.352 e. The van der Waals surface area contributed by atoms with Gasteiger partial charge >= 0.3 is 11.9 Å². The van der Waals surface area contributed by atoms with Crippen molar-refractivity contribution in [1.82, 2.24) is 0 Å². The van der Waals surface area contributed by atoms with Crippen LogP contribution in [0, 0.1) is 0 Å². The van der Waals surface area contributed by atoms with Crippen LogP contribution in [0.1, 0.15) is 20.7 Å². The number of esters is 1. The Hall–Kier alpha value is -2.47. The van der Waals surface area contributed by atoms with Gasteiger partial charge in [-0.1, -0.05) is 24.3 Å². The third kappa shape index (κ3) is 3.76. The van der Waals surface area contributed by atoms with Crippen molar-refractivity contribution in [3.63, 3.8) is 0 Å². The second kappa shape index (κ2) is 6.81. The zero-order valence-electron chi connectivity index (χ0n) is 11.1. The summed E-state index contributed by atoms with van der Waals surface area (Å²) in [5.41, 5.74) is 0.347. The molecule has 0 heterocycles. The maximum absolute atomic E-state index is 11.9. The molecule has 2 aromatic carbocycles. The zero-order chi connectivity index (χ0) is 15.2. The lowest BCUT2D eigenvalue weighted by Crippen LogP contribution is -2.10. The molecular formula is C15H12O5S. The molecule has 0 saturated carbocycles. The molecule has 21 heavy (non-hydrogen) atoms. The fourth-order valence-electron chi connectivity index (χ4n) is 1.59. The van der Waals surface area contributed by atoms with E-state index in [0.29, 0.717) is 4.90 Å². The Bertz CT molecular complexity index is 681. The molecular weight excluding hydrogens is 292 g/mol. The lowest BCUT2D eigenvalue weighted by Gasteiger charge is -2.05. The Morgan fingerprint density at radius 1 is 0.905 bits per heavy atom. The van der Waals surface area contributed by atoms with Gasteiger partial charge in [0.05, 0.1) is 23.1 Å². The van der Waals surface area contributed by atoms with Crippen LogP contribution in [-0.4, -0.2) is 23.3 Å². The van der Waals surface area contributed by atoms with Gasteiger partial charge in [-0.2, -0.15) is 0 Å². The molecule has 108 valence electrons. The predicted molar refractivity (Wildman–Crippen MR) is 76.0 cm³/mol. The predicted octanol–water partition coefficient (Wildman–Crippen LogP) is 2.35. The summed E-state index contributed by atoms with van der Waals surface area (Å²) < 4.78 is 21.3. The molecule has 0 fully saturated rings. The van der Waals surface area contributed by atoms with Crippen LogP contribution in [0.2, 0.25) is 0 Å². The molecule has 5 nitrogen and oxygen atoms in total. The van der Waals surface area contributed by atoms with E-state index in [1.807, 2.05) is 0 Å². The van der Waals surface area contributed by atoms with E-state index in [4.69, 9.17) is 4.18 Å². The molecule has 0 spiro atoms. The van der Waals surface area contributed by atoms with Crippen LogP contribution in [0.3, 0.4) is 0 Å². The fourth-order valence-corrected chi connectivity index (χ4v) is 2.30. The van der Waals surface area contributed by atoms with Crippen LogP contribution in [0.25, 0.3) is 0 Å². The molecule has 0 aromatic heterocycles. The van der Waals surface area contributed by atoms with Crippen molar-refractivity contribution in [2.75, 3.05) is 7.11 Å². The minimum absolute atomic E-state index is 0.127. The van der Waals surface area contributed by atoms with Crippen LogP contribution >= 0.6 is 0 Å². The van der Waals surface area contributed by atoms with Gasteiger partial charge in [0.2, 0.25) is 11.1 Å². The Morgan fingerprint density at radius 3 is 2.14 bits per heavy atom. The summed E-state index contributed by atoms with van der Waals surface area (Å²) in [6.07, 6.45) is 0. The molecule has 0 aliphatic heterocycles. The summed E-state index contributed by atoms with van der Waals surface area (Å²) in [4.78, 5) is 23.7. The summed E-state index contributed by atoms with van der Waals surface area (Å²) in [5, 5.41) is 0. The van der Waals surface area contributed by atoms with Crippen LogP contribution in [0.15, 0.2) is 59.5 Å². The van der Waals surface area contributed by atoms with E-state index in [9.17, 15) is 13.8 Å². The van der Waals surface area contributed by atoms with E-state index in [0.717, 1.165) is 0 Å². The van der Waals surface area contributed by atoms with Crippen molar-refractivity contribution in [2.45, 2.75) is 4.90 Å². The average Bonchev–Trinajstić information content (AvgIpc) is 2.55. The molecule has 6 heteroatoms. The van der Waals surface area contributed by atoms with E-state index in [2.05, 4.69) is 4.74 Å². The minimum atomic E-state index is -1.90. The largest absolute Gasteiger partial charge is 0.465 e. The van der Waals surface area contributed by atoms with Crippen LogP contribution in [0.4, 0.5) is 0 Å². The molecule has 2 aromatic rings. The minimum Gasteiger partial charge on any atom is -0.465 e. The second-order valence-corrected chi connectivity index (χ2v) is 5.10. The monoisotopic (exact) mass is 304 g/mol. The van der Waals surface area contributed by atoms with Crippen LogP contribution < -0.4 is 0 Å². The van der Waals surface area contributed by atoms with Gasteiger partial charge in [0.1, 0.15) is 0 Å². The van der Waals surface area contributed by atoms with Crippen LogP contribution in [-0.2, 0) is 20.0 Å². The summed E-state index contributed by atoms with van der Waals surface area (Å²) in [6, 6.07) is 14.2. The van der Waals surface area contributed by atoms with Gasteiger partial charge in [0.25, 0.3) is 0 Å². The number of rotatable bonds is 4. The molecule has 1 unspecified atom stereocenters. The van der Waals surface area contributed by atoms with E-state index in [1.165, 1.54) is 31.4 Å². The maximum atomic E-state index is 11.9. The normalized spacial score (nSPS) is 11.5. The van der Waals surface area contributed by atoms with Crippen molar-refractivity contribution in [1.29, 1.82) is 0 Å². The number of ether oxygens (including phenoxy) is 1. The molecule has 0 radical (unpaired) electrons. The highest BCUT2D eigenvalue weighted by Crippen LogP contribution is 2.12. The first-order valence-electron chi connectivity index (χ1n) is 5.99. The SMILES string of the molecule is COC(=O)c1cccc(C(=O)OS(=O)c2ccccc2)c1. The Morgan fingerprint density at radius 2 is 1.52 bits per heavy atom. The first kappa shape index (κ1) is 14.9. The van der Waals surface area contributed by atoms with Gasteiger partial charge in [-0.05, 0) is 30.3 Å². The van der Waals surface area contributed by atoms with E-state index >= 15 is 0 Å². The molecule has 0 saturated heterocycles. The van der Waals surface area contributed by atoms with Crippen LogP contribution in [0.5, 0.6) is 0 Å². The van der Waals surface area contributed by atoms with Gasteiger partial charge < -0.3 is 8.92 Å². The topological polar surface area (TPSA) is 69.7 Å². The van der Waals surface area contributed by atoms with Crippen molar-refractivity contribution < 1.29 is 22.7 Å². The number of hydrogen-bond donors (Lipinski definition) is 0. The van der Waals surface area contributed by atoms with E-state index in [-0.39, 0.29) is 11.1 Å². The molecule has 0 amide bonds. The Labute approximate surface area is 124 Å². The van der Waals surface area contributed by atoms with Crippen molar-refractivity contribution >= 4 is 23.0 Å². The van der Waals surface area contributed by atoms with E-state index < -0.39 is 23.0 Å². The molecule has 0 N–H and O–H groups in total. The highest BCUT2D eigenvalue weighted by Gasteiger charge is 2.15.